The summed E-state index contributed by atoms with van der Waals surface area (Å²) in [4.78, 5) is 28.3. The van der Waals surface area contributed by atoms with Crippen molar-refractivity contribution in [2.45, 2.75) is 0 Å². The largest absolute Gasteiger partial charge is 0.336 e. The standard InChI is InChI=1S/C20H19ClN2O2/c21-18-9-6-16(7-10-18)8-11-19(24)22-12-14-23(15-13-22)20(25)17-4-2-1-3-5-17/h1-11H,12-15H2/b11-8+. The summed E-state index contributed by atoms with van der Waals surface area (Å²) in [5, 5.41) is 0.669. The molecule has 0 unspecified atom stereocenters. The molecule has 2 aromatic carbocycles. The van der Waals surface area contributed by atoms with Gasteiger partial charge in [-0.15, -0.1) is 0 Å². The maximum atomic E-state index is 12.4. The van der Waals surface area contributed by atoms with E-state index in [0.717, 1.165) is 5.56 Å². The lowest BCUT2D eigenvalue weighted by Crippen LogP contribution is -2.50. The molecular formula is C20H19ClN2O2. The van der Waals surface area contributed by atoms with Gasteiger partial charge in [-0.2, -0.15) is 0 Å². The Bertz CT molecular complexity index is 764. The second-order valence-electron chi connectivity index (χ2n) is 5.87. The Hall–Kier alpha value is -2.59. The zero-order valence-corrected chi connectivity index (χ0v) is 14.5. The number of amides is 2. The topological polar surface area (TPSA) is 40.6 Å². The van der Waals surface area contributed by atoms with Gasteiger partial charge in [-0.3, -0.25) is 9.59 Å². The van der Waals surface area contributed by atoms with Crippen LogP contribution in [0.1, 0.15) is 15.9 Å². The first-order valence-corrected chi connectivity index (χ1v) is 8.58. The van der Waals surface area contributed by atoms with Gasteiger partial charge >= 0.3 is 0 Å². The third-order valence-corrected chi connectivity index (χ3v) is 4.44. The molecule has 5 heteroatoms. The second-order valence-corrected chi connectivity index (χ2v) is 6.30. The van der Waals surface area contributed by atoms with Crippen molar-refractivity contribution in [3.05, 3.63) is 76.8 Å². The van der Waals surface area contributed by atoms with Crippen LogP contribution in [-0.2, 0) is 4.79 Å². The van der Waals surface area contributed by atoms with Gasteiger partial charge in [-0.1, -0.05) is 41.9 Å². The van der Waals surface area contributed by atoms with Gasteiger partial charge in [0.15, 0.2) is 0 Å². The summed E-state index contributed by atoms with van der Waals surface area (Å²) in [6.07, 6.45) is 3.35. The molecule has 0 atom stereocenters. The second kappa shape index (κ2) is 7.99. The van der Waals surface area contributed by atoms with E-state index in [4.69, 9.17) is 11.6 Å². The average molecular weight is 355 g/mol. The summed E-state index contributed by atoms with van der Waals surface area (Å²) >= 11 is 5.85. The third kappa shape index (κ3) is 4.48. The Kier molecular flexibility index (Phi) is 5.51. The van der Waals surface area contributed by atoms with E-state index in [1.54, 1.807) is 34.1 Å². The van der Waals surface area contributed by atoms with Gasteiger partial charge in [-0.25, -0.2) is 0 Å². The maximum absolute atomic E-state index is 12.4. The molecule has 128 valence electrons. The van der Waals surface area contributed by atoms with E-state index >= 15 is 0 Å². The highest BCUT2D eigenvalue weighted by Gasteiger charge is 2.23. The fourth-order valence-electron chi connectivity index (χ4n) is 2.74. The van der Waals surface area contributed by atoms with Gasteiger partial charge in [0, 0.05) is 42.8 Å². The Labute approximate surface area is 152 Å². The van der Waals surface area contributed by atoms with E-state index in [2.05, 4.69) is 0 Å². The van der Waals surface area contributed by atoms with Gasteiger partial charge in [0.1, 0.15) is 0 Å². The molecule has 0 spiro atoms. The molecule has 2 aromatic rings. The number of carbonyl (C=O) groups is 2. The summed E-state index contributed by atoms with van der Waals surface area (Å²) in [6, 6.07) is 16.5. The Morgan fingerprint density at radius 1 is 0.840 bits per heavy atom. The summed E-state index contributed by atoms with van der Waals surface area (Å²) in [6.45, 7) is 2.19. The molecule has 0 aliphatic carbocycles. The van der Waals surface area contributed by atoms with Crippen LogP contribution < -0.4 is 0 Å². The van der Waals surface area contributed by atoms with Crippen LogP contribution in [0.5, 0.6) is 0 Å². The minimum atomic E-state index is -0.0400. The Morgan fingerprint density at radius 2 is 1.44 bits per heavy atom. The van der Waals surface area contributed by atoms with E-state index in [-0.39, 0.29) is 11.8 Å². The molecule has 1 fully saturated rings. The van der Waals surface area contributed by atoms with Crippen LogP contribution >= 0.6 is 11.6 Å². The van der Waals surface area contributed by atoms with Crippen LogP contribution in [0.3, 0.4) is 0 Å². The van der Waals surface area contributed by atoms with E-state index in [1.807, 2.05) is 42.5 Å². The Morgan fingerprint density at radius 3 is 2.08 bits per heavy atom. The van der Waals surface area contributed by atoms with Crippen LogP contribution in [0.25, 0.3) is 6.08 Å². The number of hydrogen-bond acceptors (Lipinski definition) is 2. The number of halogens is 1. The van der Waals surface area contributed by atoms with Gasteiger partial charge in [-0.05, 0) is 35.9 Å². The van der Waals surface area contributed by atoms with Gasteiger partial charge < -0.3 is 9.80 Å². The monoisotopic (exact) mass is 354 g/mol. The molecule has 4 nitrogen and oxygen atoms in total. The minimum absolute atomic E-state index is 0.0180. The number of hydrogen-bond donors (Lipinski definition) is 0. The normalized spacial score (nSPS) is 14.8. The van der Waals surface area contributed by atoms with Crippen molar-refractivity contribution >= 4 is 29.5 Å². The highest BCUT2D eigenvalue weighted by Crippen LogP contribution is 2.12. The van der Waals surface area contributed by atoms with E-state index < -0.39 is 0 Å². The van der Waals surface area contributed by atoms with E-state index in [1.165, 1.54) is 0 Å². The smallest absolute Gasteiger partial charge is 0.253 e. The van der Waals surface area contributed by atoms with Crippen molar-refractivity contribution in [2.75, 3.05) is 26.2 Å². The van der Waals surface area contributed by atoms with Gasteiger partial charge in [0.25, 0.3) is 5.91 Å². The first-order valence-electron chi connectivity index (χ1n) is 8.20. The molecule has 2 amide bonds. The number of nitrogens with zero attached hydrogens (tertiary/aromatic N) is 2. The van der Waals surface area contributed by atoms with E-state index in [0.29, 0.717) is 36.8 Å². The minimum Gasteiger partial charge on any atom is -0.336 e. The molecule has 1 aliphatic rings. The molecule has 1 heterocycles. The highest BCUT2D eigenvalue weighted by molar-refractivity contribution is 6.30. The summed E-state index contributed by atoms with van der Waals surface area (Å²) in [7, 11) is 0. The molecule has 1 saturated heterocycles. The third-order valence-electron chi connectivity index (χ3n) is 4.19. The quantitative estimate of drug-likeness (QED) is 0.793. The lowest BCUT2D eigenvalue weighted by atomic mass is 10.1. The summed E-state index contributed by atoms with van der Waals surface area (Å²) in [5.41, 5.74) is 1.61. The van der Waals surface area contributed by atoms with Crippen LogP contribution in [0.2, 0.25) is 5.02 Å². The molecular weight excluding hydrogens is 336 g/mol. The lowest BCUT2D eigenvalue weighted by Gasteiger charge is -2.34. The molecule has 0 aromatic heterocycles. The zero-order valence-electron chi connectivity index (χ0n) is 13.8. The fraction of sp³-hybridized carbons (Fsp3) is 0.200. The number of carbonyl (C=O) groups excluding carboxylic acids is 2. The van der Waals surface area contributed by atoms with Crippen LogP contribution in [0, 0.1) is 0 Å². The molecule has 0 N–H and O–H groups in total. The molecule has 25 heavy (non-hydrogen) atoms. The van der Waals surface area contributed by atoms with Crippen molar-refractivity contribution in [3.8, 4) is 0 Å². The van der Waals surface area contributed by atoms with Gasteiger partial charge in [0.05, 0.1) is 0 Å². The molecule has 0 saturated carbocycles. The molecule has 0 bridgehead atoms. The van der Waals surface area contributed by atoms with Crippen molar-refractivity contribution in [1.29, 1.82) is 0 Å². The average Bonchev–Trinajstić information content (AvgIpc) is 2.67. The fourth-order valence-corrected chi connectivity index (χ4v) is 2.87. The SMILES string of the molecule is O=C(/C=C/c1ccc(Cl)cc1)N1CCN(C(=O)c2ccccc2)CC1. The van der Waals surface area contributed by atoms with Crippen LogP contribution in [-0.4, -0.2) is 47.8 Å². The van der Waals surface area contributed by atoms with Crippen molar-refractivity contribution < 1.29 is 9.59 Å². The van der Waals surface area contributed by atoms with Crippen molar-refractivity contribution in [3.63, 3.8) is 0 Å². The number of piperazine rings is 1. The molecule has 0 radical (unpaired) electrons. The number of rotatable bonds is 3. The predicted octanol–water partition coefficient (Wildman–Crippen LogP) is 3.34. The lowest BCUT2D eigenvalue weighted by molar-refractivity contribution is -0.127. The number of benzene rings is 2. The van der Waals surface area contributed by atoms with Crippen LogP contribution in [0.15, 0.2) is 60.7 Å². The van der Waals surface area contributed by atoms with Gasteiger partial charge in [0.2, 0.25) is 5.91 Å². The predicted molar refractivity (Wildman–Crippen MR) is 99.4 cm³/mol. The highest BCUT2D eigenvalue weighted by atomic mass is 35.5. The summed E-state index contributed by atoms with van der Waals surface area (Å²) < 4.78 is 0. The molecule has 1 aliphatic heterocycles. The maximum Gasteiger partial charge on any atom is 0.253 e. The van der Waals surface area contributed by atoms with Crippen LogP contribution in [0.4, 0.5) is 0 Å². The van der Waals surface area contributed by atoms with Crippen molar-refractivity contribution in [2.24, 2.45) is 0 Å². The molecule has 3 rings (SSSR count). The zero-order chi connectivity index (χ0) is 17.6. The van der Waals surface area contributed by atoms with E-state index in [9.17, 15) is 9.59 Å². The van der Waals surface area contributed by atoms with Crippen molar-refractivity contribution in [1.82, 2.24) is 9.80 Å². The first kappa shape index (κ1) is 17.2. The first-order chi connectivity index (χ1) is 12.1. The summed E-state index contributed by atoms with van der Waals surface area (Å²) in [5.74, 6) is -0.0221. The Balaban J connectivity index is 1.54.